The molecule has 0 fully saturated rings. The summed E-state index contributed by atoms with van der Waals surface area (Å²) in [5.41, 5.74) is 1.64. The molecule has 0 spiro atoms. The molecule has 1 amide bonds. The van der Waals surface area contributed by atoms with E-state index in [-0.39, 0.29) is 5.91 Å². The fourth-order valence-corrected chi connectivity index (χ4v) is 2.59. The quantitative estimate of drug-likeness (QED) is 0.753. The van der Waals surface area contributed by atoms with Gasteiger partial charge >= 0.3 is 0 Å². The van der Waals surface area contributed by atoms with Crippen LogP contribution in [0.15, 0.2) is 34.9 Å². The summed E-state index contributed by atoms with van der Waals surface area (Å²) in [7, 11) is 1.88. The van der Waals surface area contributed by atoms with Crippen molar-refractivity contribution in [1.82, 2.24) is 15.1 Å². The maximum Gasteiger partial charge on any atom is 0.252 e. The summed E-state index contributed by atoms with van der Waals surface area (Å²) in [6.45, 7) is 0.577. The second kappa shape index (κ2) is 6.51. The third-order valence-electron chi connectivity index (χ3n) is 2.61. The second-order valence-corrected chi connectivity index (χ2v) is 6.21. The number of benzene rings is 1. The van der Waals surface area contributed by atoms with Gasteiger partial charge in [0.15, 0.2) is 0 Å². The van der Waals surface area contributed by atoms with Crippen LogP contribution in [0.25, 0.3) is 0 Å². The highest BCUT2D eigenvalue weighted by Gasteiger charge is 2.10. The van der Waals surface area contributed by atoms with Gasteiger partial charge in [0, 0.05) is 34.3 Å². The van der Waals surface area contributed by atoms with Gasteiger partial charge in [0.2, 0.25) is 0 Å². The summed E-state index contributed by atoms with van der Waals surface area (Å²) in [5.74, 6) is -0.0682. The van der Waals surface area contributed by atoms with E-state index in [0.717, 1.165) is 20.2 Å². The maximum atomic E-state index is 12.0. The van der Waals surface area contributed by atoms with Gasteiger partial charge in [0.25, 0.3) is 5.91 Å². The molecule has 6 heteroatoms. The molecule has 0 saturated heterocycles. The number of aryl methyl sites for hydroxylation is 1. The first-order valence-corrected chi connectivity index (χ1v) is 7.65. The molecule has 2 rings (SSSR count). The van der Waals surface area contributed by atoms with E-state index in [1.807, 2.05) is 37.5 Å². The SMILES string of the molecule is Cn1ccc(CCNC(=O)c2cc(I)ccc2Br)n1. The first-order chi connectivity index (χ1) is 9.06. The van der Waals surface area contributed by atoms with Crippen molar-refractivity contribution in [2.75, 3.05) is 6.54 Å². The number of hydrogen-bond acceptors (Lipinski definition) is 2. The van der Waals surface area contributed by atoms with Crippen LogP contribution < -0.4 is 5.32 Å². The zero-order valence-electron chi connectivity index (χ0n) is 10.4. The molecule has 0 aliphatic heterocycles. The molecular weight excluding hydrogens is 421 g/mol. The van der Waals surface area contributed by atoms with E-state index >= 15 is 0 Å². The molecule has 2 aromatic rings. The molecule has 1 N–H and O–H groups in total. The Bertz CT molecular complexity index is 597. The minimum atomic E-state index is -0.0682. The van der Waals surface area contributed by atoms with E-state index in [4.69, 9.17) is 0 Å². The van der Waals surface area contributed by atoms with Crippen LogP contribution in [0.2, 0.25) is 0 Å². The van der Waals surface area contributed by atoms with Crippen molar-refractivity contribution in [3.8, 4) is 0 Å². The summed E-state index contributed by atoms with van der Waals surface area (Å²) in [4.78, 5) is 12.0. The zero-order chi connectivity index (χ0) is 13.8. The first-order valence-electron chi connectivity index (χ1n) is 5.78. The van der Waals surface area contributed by atoms with Crippen LogP contribution in [0.4, 0.5) is 0 Å². The number of halogens is 2. The molecule has 0 atom stereocenters. The Hall–Kier alpha value is -0.890. The van der Waals surface area contributed by atoms with Gasteiger partial charge in [-0.05, 0) is 62.8 Å². The van der Waals surface area contributed by atoms with Crippen LogP contribution >= 0.6 is 38.5 Å². The van der Waals surface area contributed by atoms with Crippen molar-refractivity contribution in [3.63, 3.8) is 0 Å². The Kier molecular flexibility index (Phi) is 4.98. The highest BCUT2D eigenvalue weighted by Crippen LogP contribution is 2.19. The largest absolute Gasteiger partial charge is 0.352 e. The Balaban J connectivity index is 1.92. The van der Waals surface area contributed by atoms with Gasteiger partial charge < -0.3 is 5.32 Å². The van der Waals surface area contributed by atoms with Crippen molar-refractivity contribution >= 4 is 44.4 Å². The molecule has 1 aromatic carbocycles. The maximum absolute atomic E-state index is 12.0. The van der Waals surface area contributed by atoms with Gasteiger partial charge in [-0.3, -0.25) is 9.48 Å². The molecule has 0 aliphatic rings. The summed E-state index contributed by atoms with van der Waals surface area (Å²) in [6.07, 6.45) is 2.63. The van der Waals surface area contributed by atoms with Crippen LogP contribution in [-0.2, 0) is 13.5 Å². The van der Waals surface area contributed by atoms with Crippen LogP contribution in [-0.4, -0.2) is 22.2 Å². The number of aromatic nitrogens is 2. The lowest BCUT2D eigenvalue weighted by molar-refractivity contribution is 0.0953. The van der Waals surface area contributed by atoms with Crippen molar-refractivity contribution in [2.45, 2.75) is 6.42 Å². The second-order valence-electron chi connectivity index (χ2n) is 4.11. The highest BCUT2D eigenvalue weighted by atomic mass is 127. The fraction of sp³-hybridized carbons (Fsp3) is 0.231. The van der Waals surface area contributed by atoms with E-state index in [2.05, 4.69) is 48.9 Å². The molecule has 4 nitrogen and oxygen atoms in total. The third-order valence-corrected chi connectivity index (χ3v) is 3.97. The zero-order valence-corrected chi connectivity index (χ0v) is 14.1. The summed E-state index contributed by atoms with van der Waals surface area (Å²) < 4.78 is 3.60. The van der Waals surface area contributed by atoms with Gasteiger partial charge in [-0.1, -0.05) is 0 Å². The lowest BCUT2D eigenvalue weighted by Crippen LogP contribution is -2.26. The highest BCUT2D eigenvalue weighted by molar-refractivity contribution is 14.1. The molecule has 19 heavy (non-hydrogen) atoms. The standard InChI is InChI=1S/C13H13BrIN3O/c1-18-7-5-10(17-18)4-6-16-13(19)11-8-9(15)2-3-12(11)14/h2-3,5,7-8H,4,6H2,1H3,(H,16,19). The van der Waals surface area contributed by atoms with Gasteiger partial charge in [-0.15, -0.1) is 0 Å². The van der Waals surface area contributed by atoms with Crippen LogP contribution in [0.5, 0.6) is 0 Å². The van der Waals surface area contributed by atoms with Crippen LogP contribution in [0.1, 0.15) is 16.1 Å². The summed E-state index contributed by atoms with van der Waals surface area (Å²) in [6, 6.07) is 7.65. The number of hydrogen-bond donors (Lipinski definition) is 1. The van der Waals surface area contributed by atoms with E-state index in [9.17, 15) is 4.79 Å². The molecule has 100 valence electrons. The monoisotopic (exact) mass is 433 g/mol. The van der Waals surface area contributed by atoms with Gasteiger partial charge in [0.1, 0.15) is 0 Å². The number of carbonyl (C=O) groups excluding carboxylic acids is 1. The average Bonchev–Trinajstić information content (AvgIpc) is 2.78. The molecule has 0 aliphatic carbocycles. The molecule has 0 saturated carbocycles. The Labute approximate surface area is 133 Å². The predicted molar refractivity (Wildman–Crippen MR) is 86.1 cm³/mol. The number of rotatable bonds is 4. The van der Waals surface area contributed by atoms with E-state index in [1.54, 1.807) is 4.68 Å². The third kappa shape index (κ3) is 4.04. The Morgan fingerprint density at radius 2 is 2.26 bits per heavy atom. The number of nitrogens with zero attached hydrogens (tertiary/aromatic N) is 2. The molecule has 1 heterocycles. The van der Waals surface area contributed by atoms with Crippen molar-refractivity contribution in [2.24, 2.45) is 7.05 Å². The topological polar surface area (TPSA) is 46.9 Å². The Morgan fingerprint density at radius 1 is 1.47 bits per heavy atom. The van der Waals surface area contributed by atoms with Crippen molar-refractivity contribution in [1.29, 1.82) is 0 Å². The predicted octanol–water partition coefficient (Wildman–Crippen LogP) is 2.76. The molecule has 0 bridgehead atoms. The average molecular weight is 434 g/mol. The van der Waals surface area contributed by atoms with Gasteiger partial charge in [-0.2, -0.15) is 5.10 Å². The summed E-state index contributed by atoms with van der Waals surface area (Å²) >= 11 is 5.58. The number of nitrogens with one attached hydrogen (secondary N) is 1. The van der Waals surface area contributed by atoms with E-state index < -0.39 is 0 Å². The fourth-order valence-electron chi connectivity index (χ4n) is 1.67. The van der Waals surface area contributed by atoms with E-state index in [0.29, 0.717) is 12.1 Å². The summed E-state index contributed by atoms with van der Waals surface area (Å²) in [5, 5.41) is 7.17. The lowest BCUT2D eigenvalue weighted by atomic mass is 10.2. The van der Waals surface area contributed by atoms with Crippen LogP contribution in [0.3, 0.4) is 0 Å². The van der Waals surface area contributed by atoms with Crippen LogP contribution in [0, 0.1) is 3.57 Å². The minimum absolute atomic E-state index is 0.0682. The molecule has 0 unspecified atom stereocenters. The van der Waals surface area contributed by atoms with Gasteiger partial charge in [-0.25, -0.2) is 0 Å². The minimum Gasteiger partial charge on any atom is -0.352 e. The normalized spacial score (nSPS) is 10.5. The smallest absolute Gasteiger partial charge is 0.252 e. The van der Waals surface area contributed by atoms with Crippen molar-refractivity contribution in [3.05, 3.63) is 49.8 Å². The van der Waals surface area contributed by atoms with E-state index in [1.165, 1.54) is 0 Å². The van der Waals surface area contributed by atoms with Crippen molar-refractivity contribution < 1.29 is 4.79 Å². The number of carbonyl (C=O) groups is 1. The molecule has 0 radical (unpaired) electrons. The lowest BCUT2D eigenvalue weighted by Gasteiger charge is -2.06. The number of amides is 1. The molecule has 1 aromatic heterocycles. The first kappa shape index (κ1) is 14.5. The Morgan fingerprint density at radius 3 is 2.95 bits per heavy atom. The molecular formula is C13H13BrIN3O. The van der Waals surface area contributed by atoms with Gasteiger partial charge in [0.05, 0.1) is 11.3 Å².